The third-order valence-corrected chi connectivity index (χ3v) is 5.94. The number of rotatable bonds is 12. The molecule has 0 aliphatic heterocycles. The van der Waals surface area contributed by atoms with E-state index >= 15 is 0 Å². The van der Waals surface area contributed by atoms with E-state index in [4.69, 9.17) is 14.2 Å². The number of benzene rings is 2. The van der Waals surface area contributed by atoms with Crippen molar-refractivity contribution in [2.75, 3.05) is 43.1 Å². The molecule has 0 saturated heterocycles. The van der Waals surface area contributed by atoms with Gasteiger partial charge in [-0.25, -0.2) is 9.78 Å². The third-order valence-electron chi connectivity index (χ3n) is 5.04. The fourth-order valence-electron chi connectivity index (χ4n) is 3.45. The summed E-state index contributed by atoms with van der Waals surface area (Å²) < 4.78 is 15.8. The summed E-state index contributed by atoms with van der Waals surface area (Å²) in [7, 11) is 0. The molecule has 0 radical (unpaired) electrons. The Hall–Kier alpha value is -4.39. The highest BCUT2D eigenvalue weighted by atomic mass is 32.1. The fourth-order valence-corrected chi connectivity index (χ4v) is 4.28. The van der Waals surface area contributed by atoms with Gasteiger partial charge in [-0.2, -0.15) is 0 Å². The zero-order valence-corrected chi connectivity index (χ0v) is 22.9. The van der Waals surface area contributed by atoms with Gasteiger partial charge in [0.05, 0.1) is 41.3 Å². The quantitative estimate of drug-likeness (QED) is 0.189. The normalized spacial score (nSPS) is 10.9. The number of carbonyl (C=O) groups excluding carboxylic acids is 4. The maximum atomic E-state index is 12.2. The Morgan fingerprint density at radius 3 is 2.18 bits per heavy atom. The van der Waals surface area contributed by atoms with Crippen molar-refractivity contribution < 1.29 is 33.4 Å². The van der Waals surface area contributed by atoms with Crippen LogP contribution in [0.15, 0.2) is 46.6 Å². The zero-order chi connectivity index (χ0) is 28.4. The van der Waals surface area contributed by atoms with Gasteiger partial charge in [0.15, 0.2) is 0 Å². The second-order valence-electron chi connectivity index (χ2n) is 7.95. The van der Waals surface area contributed by atoms with Crippen LogP contribution in [0.4, 0.5) is 22.2 Å². The monoisotopic (exact) mass is 555 g/mol. The first-order chi connectivity index (χ1) is 18.7. The minimum absolute atomic E-state index is 0.193. The molecule has 0 atom stereocenters. The number of carbonyl (C=O) groups is 4. The lowest BCUT2D eigenvalue weighted by molar-refractivity contribution is -0.142. The molecule has 0 saturated carbocycles. The molecule has 12 nitrogen and oxygen atoms in total. The molecule has 3 rings (SSSR count). The number of hydrogen-bond acceptors (Lipinski definition) is 12. The Morgan fingerprint density at radius 2 is 1.56 bits per heavy atom. The van der Waals surface area contributed by atoms with Crippen LogP contribution in [-0.2, 0) is 28.6 Å². The number of aromatic nitrogens is 1. The maximum Gasteiger partial charge on any atom is 0.338 e. The van der Waals surface area contributed by atoms with Crippen LogP contribution in [0.2, 0.25) is 0 Å². The van der Waals surface area contributed by atoms with Gasteiger partial charge in [0.1, 0.15) is 18.8 Å². The van der Waals surface area contributed by atoms with Crippen molar-refractivity contribution in [3.05, 3.63) is 42.0 Å². The smallest absolute Gasteiger partial charge is 0.338 e. The highest BCUT2D eigenvalue weighted by molar-refractivity contribution is 7.21. The van der Waals surface area contributed by atoms with Crippen molar-refractivity contribution in [2.45, 2.75) is 27.7 Å². The van der Waals surface area contributed by atoms with Crippen LogP contribution in [0, 0.1) is 0 Å². The molecule has 1 aromatic heterocycles. The van der Waals surface area contributed by atoms with Gasteiger partial charge in [0, 0.05) is 12.6 Å². The number of amides is 1. The molecule has 1 amide bonds. The van der Waals surface area contributed by atoms with E-state index in [1.54, 1.807) is 57.2 Å². The van der Waals surface area contributed by atoms with Crippen molar-refractivity contribution >= 4 is 67.6 Å². The highest BCUT2D eigenvalue weighted by Crippen LogP contribution is 2.34. The minimum Gasteiger partial charge on any atom is -0.465 e. The fraction of sp³-hybridized carbons (Fsp3) is 0.346. The van der Waals surface area contributed by atoms with Gasteiger partial charge < -0.3 is 24.4 Å². The first-order valence-corrected chi connectivity index (χ1v) is 13.0. The van der Waals surface area contributed by atoms with Gasteiger partial charge in [-0.05, 0) is 57.2 Å². The van der Waals surface area contributed by atoms with E-state index in [1.165, 1.54) is 23.2 Å². The Labute approximate surface area is 229 Å². The van der Waals surface area contributed by atoms with Crippen LogP contribution in [0.3, 0.4) is 0 Å². The second-order valence-corrected chi connectivity index (χ2v) is 8.96. The van der Waals surface area contributed by atoms with Crippen molar-refractivity contribution in [3.8, 4) is 0 Å². The van der Waals surface area contributed by atoms with Crippen LogP contribution >= 0.6 is 11.3 Å². The van der Waals surface area contributed by atoms with E-state index in [0.29, 0.717) is 33.3 Å². The number of nitrogens with one attached hydrogen (secondary N) is 1. The van der Waals surface area contributed by atoms with E-state index in [0.717, 1.165) is 4.70 Å². The van der Waals surface area contributed by atoms with Crippen molar-refractivity contribution in [1.29, 1.82) is 0 Å². The number of nitrogens with zero attached hydrogens (tertiary/aromatic N) is 4. The zero-order valence-electron chi connectivity index (χ0n) is 22.1. The predicted molar refractivity (Wildman–Crippen MR) is 146 cm³/mol. The van der Waals surface area contributed by atoms with E-state index in [9.17, 15) is 19.2 Å². The lowest BCUT2D eigenvalue weighted by Gasteiger charge is -2.23. The average molecular weight is 556 g/mol. The molecule has 3 aromatic rings. The maximum absolute atomic E-state index is 12.2. The summed E-state index contributed by atoms with van der Waals surface area (Å²) in [4.78, 5) is 54.2. The summed E-state index contributed by atoms with van der Waals surface area (Å²) >= 11 is 1.24. The van der Waals surface area contributed by atoms with E-state index in [2.05, 4.69) is 20.5 Å². The Morgan fingerprint density at radius 1 is 0.897 bits per heavy atom. The first kappa shape index (κ1) is 29.2. The molecule has 1 heterocycles. The molecular formula is C26H29N5O7S. The molecule has 1 N–H and O–H groups in total. The lowest BCUT2D eigenvalue weighted by atomic mass is 10.2. The number of thiazole rings is 1. The standard InChI is InChI=1S/C26H29N5O7S/c1-5-36-23(33)14-31(15-24(34)37-6-2)18-9-11-19(21(13-18)27-16(4)32)29-30-26-28-20-10-8-17(12-22(20)39-26)25(35)38-7-3/h8-13H,5-7,14-15H2,1-4H3,(H,27,32). The molecule has 0 unspecified atom stereocenters. The van der Waals surface area contributed by atoms with Gasteiger partial charge in [-0.15, -0.1) is 10.2 Å². The molecule has 2 aromatic carbocycles. The van der Waals surface area contributed by atoms with Gasteiger partial charge >= 0.3 is 17.9 Å². The highest BCUT2D eigenvalue weighted by Gasteiger charge is 2.19. The Balaban J connectivity index is 1.91. The molecular weight excluding hydrogens is 526 g/mol. The van der Waals surface area contributed by atoms with E-state index in [1.807, 2.05) is 0 Å². The average Bonchev–Trinajstić information content (AvgIpc) is 3.30. The minimum atomic E-state index is -0.520. The molecule has 0 spiro atoms. The Bertz CT molecular complexity index is 1370. The molecule has 0 aliphatic rings. The number of ether oxygens (including phenoxy) is 3. The van der Waals surface area contributed by atoms with Gasteiger partial charge in [0.2, 0.25) is 11.0 Å². The molecule has 206 valence electrons. The molecule has 0 bridgehead atoms. The predicted octanol–water partition coefficient (Wildman–Crippen LogP) is 4.78. The van der Waals surface area contributed by atoms with Crippen LogP contribution < -0.4 is 10.2 Å². The van der Waals surface area contributed by atoms with Crippen molar-refractivity contribution in [2.24, 2.45) is 10.2 Å². The number of hydrogen-bond donors (Lipinski definition) is 1. The summed E-state index contributed by atoms with van der Waals surface area (Å²) in [6, 6.07) is 9.84. The van der Waals surface area contributed by atoms with Crippen LogP contribution in [0.25, 0.3) is 10.2 Å². The van der Waals surface area contributed by atoms with Gasteiger partial charge in [-0.1, -0.05) is 11.3 Å². The van der Waals surface area contributed by atoms with Crippen molar-refractivity contribution in [3.63, 3.8) is 0 Å². The van der Waals surface area contributed by atoms with Crippen LogP contribution in [0.5, 0.6) is 0 Å². The SMILES string of the molecule is CCOC(=O)CN(CC(=O)OCC)c1ccc(N=Nc2nc3ccc(C(=O)OCC)cc3s2)c(NC(C)=O)c1. The third kappa shape index (κ3) is 8.30. The van der Waals surface area contributed by atoms with Crippen LogP contribution in [-0.4, -0.2) is 61.7 Å². The van der Waals surface area contributed by atoms with Crippen LogP contribution in [0.1, 0.15) is 38.1 Å². The van der Waals surface area contributed by atoms with Gasteiger partial charge in [-0.3, -0.25) is 14.4 Å². The summed E-state index contributed by atoms with van der Waals surface area (Å²) in [5.41, 5.74) is 2.16. The number of esters is 3. The summed E-state index contributed by atoms with van der Waals surface area (Å²) in [5.74, 6) is -1.81. The molecule has 39 heavy (non-hydrogen) atoms. The molecule has 0 fully saturated rings. The van der Waals surface area contributed by atoms with E-state index in [-0.39, 0.29) is 38.8 Å². The topological polar surface area (TPSA) is 149 Å². The summed E-state index contributed by atoms with van der Waals surface area (Å²) in [6.07, 6.45) is 0. The second kappa shape index (κ2) is 14.0. The van der Waals surface area contributed by atoms with Crippen molar-refractivity contribution in [1.82, 2.24) is 4.98 Å². The molecule has 0 aliphatic carbocycles. The first-order valence-electron chi connectivity index (χ1n) is 12.2. The number of anilines is 2. The summed E-state index contributed by atoms with van der Waals surface area (Å²) in [6.45, 7) is 6.72. The van der Waals surface area contributed by atoms with E-state index < -0.39 is 17.9 Å². The molecule has 13 heteroatoms. The largest absolute Gasteiger partial charge is 0.465 e. The number of azo groups is 1. The lowest BCUT2D eigenvalue weighted by Crippen LogP contribution is -2.36. The Kier molecular flexibility index (Phi) is 10.4. The number of fused-ring (bicyclic) bond motifs is 1. The van der Waals surface area contributed by atoms with Gasteiger partial charge in [0.25, 0.3) is 0 Å². The summed E-state index contributed by atoms with van der Waals surface area (Å²) in [5, 5.41) is 11.5.